The number of hydrogen-bond donors (Lipinski definition) is 2. The standard InChI is InChI=1S/C17H24F3N3O4/c1-9(13-10(2)22-23(11(13)3)8-17(18,19)20)15(24)21-14(16(25)26)12-5-4-6-27-7-12/h9,12,14H,4-8H2,1-3H3,(H,21,24)(H,25,26). The first-order valence-electron chi connectivity index (χ1n) is 8.73. The molecule has 2 N–H and O–H groups in total. The molecule has 10 heteroatoms. The number of aliphatic carboxylic acids is 1. The third-order valence-electron chi connectivity index (χ3n) is 4.82. The number of alkyl halides is 3. The van der Waals surface area contributed by atoms with Crippen molar-refractivity contribution in [2.75, 3.05) is 13.2 Å². The van der Waals surface area contributed by atoms with Gasteiger partial charge in [0.2, 0.25) is 5.91 Å². The van der Waals surface area contributed by atoms with Gasteiger partial charge in [-0.2, -0.15) is 18.3 Å². The van der Waals surface area contributed by atoms with E-state index in [9.17, 15) is 27.9 Å². The molecule has 1 fully saturated rings. The third-order valence-corrected chi connectivity index (χ3v) is 4.82. The minimum Gasteiger partial charge on any atom is -0.480 e. The van der Waals surface area contributed by atoms with E-state index in [1.165, 1.54) is 20.8 Å². The Morgan fingerprint density at radius 2 is 2.07 bits per heavy atom. The van der Waals surface area contributed by atoms with Gasteiger partial charge in [0.25, 0.3) is 0 Å². The van der Waals surface area contributed by atoms with Crippen LogP contribution in [0, 0.1) is 19.8 Å². The topological polar surface area (TPSA) is 93.5 Å². The quantitative estimate of drug-likeness (QED) is 0.775. The number of hydrogen-bond acceptors (Lipinski definition) is 4. The molecule has 1 saturated heterocycles. The number of carbonyl (C=O) groups is 2. The largest absolute Gasteiger partial charge is 0.480 e. The van der Waals surface area contributed by atoms with Crippen LogP contribution in [0.4, 0.5) is 13.2 Å². The summed E-state index contributed by atoms with van der Waals surface area (Å²) >= 11 is 0. The second kappa shape index (κ2) is 8.28. The van der Waals surface area contributed by atoms with E-state index in [0.717, 1.165) is 4.68 Å². The molecule has 2 heterocycles. The number of carbonyl (C=O) groups excluding carboxylic acids is 1. The van der Waals surface area contributed by atoms with E-state index in [-0.39, 0.29) is 18.2 Å². The van der Waals surface area contributed by atoms with Crippen molar-refractivity contribution in [2.45, 2.75) is 58.3 Å². The van der Waals surface area contributed by atoms with Crippen LogP contribution in [0.5, 0.6) is 0 Å². The number of ether oxygens (including phenoxy) is 1. The van der Waals surface area contributed by atoms with Crippen molar-refractivity contribution in [1.82, 2.24) is 15.1 Å². The first-order valence-corrected chi connectivity index (χ1v) is 8.73. The van der Waals surface area contributed by atoms with Crippen LogP contribution in [0.25, 0.3) is 0 Å². The number of rotatable bonds is 6. The van der Waals surface area contributed by atoms with Crippen molar-refractivity contribution in [3.8, 4) is 0 Å². The summed E-state index contributed by atoms with van der Waals surface area (Å²) in [6, 6.07) is -1.11. The second-order valence-electron chi connectivity index (χ2n) is 6.88. The minimum absolute atomic E-state index is 0.236. The molecule has 1 aliphatic rings. The number of carboxylic acids is 1. The van der Waals surface area contributed by atoms with Crippen molar-refractivity contribution >= 4 is 11.9 Å². The summed E-state index contributed by atoms with van der Waals surface area (Å²) in [6.45, 7) is 4.08. The number of amides is 1. The van der Waals surface area contributed by atoms with Crippen LogP contribution in [-0.2, 0) is 20.9 Å². The Balaban J connectivity index is 2.17. The van der Waals surface area contributed by atoms with Gasteiger partial charge in [-0.3, -0.25) is 9.48 Å². The van der Waals surface area contributed by atoms with E-state index in [4.69, 9.17) is 4.74 Å². The average Bonchev–Trinajstić information content (AvgIpc) is 2.84. The Bertz CT molecular complexity index is 696. The van der Waals surface area contributed by atoms with Crippen LogP contribution in [-0.4, -0.2) is 52.2 Å². The predicted molar refractivity (Wildman–Crippen MR) is 89.3 cm³/mol. The molecule has 0 aromatic carbocycles. The van der Waals surface area contributed by atoms with E-state index in [1.807, 2.05) is 0 Å². The van der Waals surface area contributed by atoms with Gasteiger partial charge in [0.1, 0.15) is 12.6 Å². The molecule has 1 aromatic heterocycles. The molecule has 27 heavy (non-hydrogen) atoms. The van der Waals surface area contributed by atoms with Crippen molar-refractivity contribution in [3.63, 3.8) is 0 Å². The van der Waals surface area contributed by atoms with Crippen LogP contribution in [0.1, 0.15) is 42.6 Å². The van der Waals surface area contributed by atoms with Gasteiger partial charge < -0.3 is 15.2 Å². The maximum Gasteiger partial charge on any atom is 0.408 e. The summed E-state index contributed by atoms with van der Waals surface area (Å²) in [5, 5.41) is 15.9. The molecule has 3 atom stereocenters. The van der Waals surface area contributed by atoms with Gasteiger partial charge >= 0.3 is 12.1 Å². The highest BCUT2D eigenvalue weighted by atomic mass is 19.4. The van der Waals surface area contributed by atoms with Gasteiger partial charge in [-0.05, 0) is 33.6 Å². The summed E-state index contributed by atoms with van der Waals surface area (Å²) in [5.74, 6) is -2.90. The molecule has 152 valence electrons. The highest BCUT2D eigenvalue weighted by Gasteiger charge is 2.35. The smallest absolute Gasteiger partial charge is 0.408 e. The highest BCUT2D eigenvalue weighted by molar-refractivity contribution is 5.88. The molecule has 0 bridgehead atoms. The zero-order valence-corrected chi connectivity index (χ0v) is 15.5. The van der Waals surface area contributed by atoms with Crippen LogP contribution in [0.3, 0.4) is 0 Å². The third kappa shape index (κ3) is 5.21. The zero-order chi connectivity index (χ0) is 20.4. The molecule has 7 nitrogen and oxygen atoms in total. The maximum atomic E-state index is 12.7. The lowest BCUT2D eigenvalue weighted by atomic mass is 9.92. The molecule has 0 aliphatic carbocycles. The lowest BCUT2D eigenvalue weighted by molar-refractivity contribution is -0.145. The maximum absolute atomic E-state index is 12.7. The summed E-state index contributed by atoms with van der Waals surface area (Å²) < 4.78 is 44.1. The predicted octanol–water partition coefficient (Wildman–Crippen LogP) is 2.16. The van der Waals surface area contributed by atoms with Crippen LogP contribution >= 0.6 is 0 Å². The SMILES string of the molecule is Cc1nn(CC(F)(F)F)c(C)c1C(C)C(=O)NC(C(=O)O)C1CCCOC1. The van der Waals surface area contributed by atoms with Crippen LogP contribution in [0.15, 0.2) is 0 Å². The lowest BCUT2D eigenvalue weighted by Crippen LogP contribution is -2.49. The first kappa shape index (κ1) is 21.2. The number of halogens is 3. The fourth-order valence-corrected chi connectivity index (χ4v) is 3.48. The molecule has 0 radical (unpaired) electrons. The average molecular weight is 391 g/mol. The first-order chi connectivity index (χ1) is 12.5. The normalized spacial score (nSPS) is 20.1. The van der Waals surface area contributed by atoms with E-state index in [1.54, 1.807) is 0 Å². The zero-order valence-electron chi connectivity index (χ0n) is 15.5. The van der Waals surface area contributed by atoms with Crippen molar-refractivity contribution < 1.29 is 32.6 Å². The van der Waals surface area contributed by atoms with E-state index >= 15 is 0 Å². The second-order valence-corrected chi connectivity index (χ2v) is 6.88. The fraction of sp³-hybridized carbons (Fsp3) is 0.706. The fourth-order valence-electron chi connectivity index (χ4n) is 3.48. The van der Waals surface area contributed by atoms with Gasteiger partial charge in [-0.1, -0.05) is 0 Å². The number of aryl methyl sites for hydroxylation is 1. The van der Waals surface area contributed by atoms with Gasteiger partial charge in [-0.15, -0.1) is 0 Å². The van der Waals surface area contributed by atoms with Crippen molar-refractivity contribution in [1.29, 1.82) is 0 Å². The van der Waals surface area contributed by atoms with Gasteiger partial charge in [-0.25, -0.2) is 4.79 Å². The Morgan fingerprint density at radius 1 is 1.41 bits per heavy atom. The lowest BCUT2D eigenvalue weighted by Gasteiger charge is -2.29. The minimum atomic E-state index is -4.43. The molecule has 1 amide bonds. The van der Waals surface area contributed by atoms with Crippen LogP contribution < -0.4 is 5.32 Å². The Morgan fingerprint density at radius 3 is 2.59 bits per heavy atom. The number of aromatic nitrogens is 2. The van der Waals surface area contributed by atoms with Gasteiger partial charge in [0.05, 0.1) is 18.2 Å². The van der Waals surface area contributed by atoms with E-state index in [0.29, 0.717) is 30.7 Å². The summed E-state index contributed by atoms with van der Waals surface area (Å²) in [6.07, 6.45) is -3.10. The molecular formula is C17H24F3N3O4. The van der Waals surface area contributed by atoms with E-state index < -0.39 is 36.6 Å². The Kier molecular flexibility index (Phi) is 6.50. The number of carboxylic acid groups (broad SMARTS) is 1. The summed E-state index contributed by atoms with van der Waals surface area (Å²) in [7, 11) is 0. The monoisotopic (exact) mass is 391 g/mol. The van der Waals surface area contributed by atoms with Crippen molar-refractivity contribution in [3.05, 3.63) is 17.0 Å². The molecule has 0 spiro atoms. The molecule has 0 saturated carbocycles. The van der Waals surface area contributed by atoms with Crippen molar-refractivity contribution in [2.24, 2.45) is 5.92 Å². The molecular weight excluding hydrogens is 367 g/mol. The molecule has 3 unspecified atom stereocenters. The Hall–Kier alpha value is -2.10. The van der Waals surface area contributed by atoms with Gasteiger partial charge in [0.15, 0.2) is 0 Å². The number of nitrogens with one attached hydrogen (secondary N) is 1. The van der Waals surface area contributed by atoms with E-state index in [2.05, 4.69) is 10.4 Å². The summed E-state index contributed by atoms with van der Waals surface area (Å²) in [5.41, 5.74) is 0.924. The van der Waals surface area contributed by atoms with Crippen LogP contribution in [0.2, 0.25) is 0 Å². The van der Waals surface area contributed by atoms with Gasteiger partial charge in [0, 0.05) is 23.8 Å². The molecule has 2 rings (SSSR count). The summed E-state index contributed by atoms with van der Waals surface area (Å²) in [4.78, 5) is 24.2. The highest BCUT2D eigenvalue weighted by Crippen LogP contribution is 2.27. The number of nitrogens with zero attached hydrogens (tertiary/aromatic N) is 2. The molecule has 1 aliphatic heterocycles. The molecule has 1 aromatic rings. The Labute approximate surface area is 154 Å².